The second-order valence-corrected chi connectivity index (χ2v) is 5.70. The highest BCUT2D eigenvalue weighted by molar-refractivity contribution is 6.31. The Morgan fingerprint density at radius 1 is 1.23 bits per heavy atom. The molecule has 136 valence electrons. The van der Waals surface area contributed by atoms with Crippen molar-refractivity contribution < 1.29 is 14.5 Å². The first-order valence-electron chi connectivity index (χ1n) is 7.98. The molecule has 0 spiro atoms. The molecule has 0 saturated heterocycles. The maximum absolute atomic E-state index is 11.7. The van der Waals surface area contributed by atoms with Crippen molar-refractivity contribution in [3.63, 3.8) is 0 Å². The van der Waals surface area contributed by atoms with E-state index in [1.807, 2.05) is 0 Å². The number of anilines is 1. The summed E-state index contributed by atoms with van der Waals surface area (Å²) >= 11 is 6.03. The minimum Gasteiger partial charge on any atom is -0.466 e. The van der Waals surface area contributed by atoms with Crippen molar-refractivity contribution in [3.05, 3.63) is 69.2 Å². The number of halogens is 1. The lowest BCUT2D eigenvalue weighted by atomic mass is 10.1. The highest BCUT2D eigenvalue weighted by Gasteiger charge is 2.13. The molecule has 0 aliphatic rings. The lowest BCUT2D eigenvalue weighted by molar-refractivity contribution is -0.384. The number of ether oxygens (including phenoxy) is 1. The third-order valence-corrected chi connectivity index (χ3v) is 3.68. The Hall–Kier alpha value is -2.93. The number of benzene rings is 2. The summed E-state index contributed by atoms with van der Waals surface area (Å²) < 4.78 is 4.94. The Bertz CT molecular complexity index is 824. The highest BCUT2D eigenvalue weighted by Crippen LogP contribution is 2.23. The summed E-state index contributed by atoms with van der Waals surface area (Å²) in [5.74, 6) is -0.340. The van der Waals surface area contributed by atoms with Gasteiger partial charge in [0.15, 0.2) is 0 Å². The number of esters is 1. The molecule has 0 radical (unpaired) electrons. The zero-order valence-electron chi connectivity index (χ0n) is 14.1. The number of hydrogen-bond donors (Lipinski definition) is 1. The van der Waals surface area contributed by atoms with Crippen LogP contribution in [-0.2, 0) is 9.53 Å². The van der Waals surface area contributed by atoms with Crippen LogP contribution in [0.15, 0.2) is 53.6 Å². The van der Waals surface area contributed by atoms with Gasteiger partial charge in [-0.25, -0.2) is 0 Å². The number of nitrogens with zero attached hydrogens (tertiary/aromatic N) is 2. The van der Waals surface area contributed by atoms with Gasteiger partial charge in [0.25, 0.3) is 5.69 Å². The molecule has 0 bridgehead atoms. The van der Waals surface area contributed by atoms with Gasteiger partial charge >= 0.3 is 5.97 Å². The van der Waals surface area contributed by atoms with E-state index in [9.17, 15) is 14.9 Å². The van der Waals surface area contributed by atoms with Crippen LogP contribution in [0, 0.1) is 10.1 Å². The van der Waals surface area contributed by atoms with E-state index in [-0.39, 0.29) is 23.8 Å². The number of rotatable bonds is 8. The van der Waals surface area contributed by atoms with Crippen LogP contribution in [0.3, 0.4) is 0 Å². The van der Waals surface area contributed by atoms with Crippen LogP contribution in [-0.4, -0.2) is 23.2 Å². The van der Waals surface area contributed by atoms with Gasteiger partial charge in [-0.1, -0.05) is 35.9 Å². The molecule has 0 heterocycles. The number of nitrogens with one attached hydrogen (secondary N) is 1. The highest BCUT2D eigenvalue weighted by atomic mass is 35.5. The molecular formula is C18H18ClN3O4. The van der Waals surface area contributed by atoms with Crippen molar-refractivity contribution in [2.75, 3.05) is 12.0 Å². The Kier molecular flexibility index (Phi) is 7.11. The van der Waals surface area contributed by atoms with Crippen molar-refractivity contribution in [2.45, 2.75) is 19.8 Å². The summed E-state index contributed by atoms with van der Waals surface area (Å²) in [6.45, 7) is 2.04. The molecule has 0 aliphatic carbocycles. The second-order valence-electron chi connectivity index (χ2n) is 5.26. The molecule has 0 unspecified atom stereocenters. The van der Waals surface area contributed by atoms with Crippen molar-refractivity contribution in [2.24, 2.45) is 5.10 Å². The van der Waals surface area contributed by atoms with E-state index in [0.29, 0.717) is 29.3 Å². The monoisotopic (exact) mass is 375 g/mol. The van der Waals surface area contributed by atoms with E-state index < -0.39 is 4.92 Å². The molecule has 0 aliphatic heterocycles. The minimum atomic E-state index is -0.491. The average molecular weight is 376 g/mol. The standard InChI is InChI=1S/C18H18ClN3O4/c1-2-26-18(23)11-10-15(13-6-5-7-14(19)12-13)20-21-16-8-3-4-9-17(16)22(24)25/h3-9,12,21H,2,10-11H2,1H3/b20-15+. The number of carbonyl (C=O) groups is 1. The predicted octanol–water partition coefficient (Wildman–Crippen LogP) is 4.41. The number of carbonyl (C=O) groups excluding carboxylic acids is 1. The van der Waals surface area contributed by atoms with E-state index in [0.717, 1.165) is 0 Å². The number of nitro groups is 1. The van der Waals surface area contributed by atoms with Gasteiger partial charge in [-0.3, -0.25) is 20.3 Å². The fraction of sp³-hybridized carbons (Fsp3) is 0.222. The molecule has 8 heteroatoms. The first-order valence-corrected chi connectivity index (χ1v) is 8.36. The maximum Gasteiger partial charge on any atom is 0.306 e. The quantitative estimate of drug-likeness (QED) is 0.319. The van der Waals surface area contributed by atoms with Crippen molar-refractivity contribution in [1.29, 1.82) is 0 Å². The van der Waals surface area contributed by atoms with Gasteiger partial charge in [0.05, 0.1) is 23.7 Å². The average Bonchev–Trinajstić information content (AvgIpc) is 2.62. The molecule has 2 rings (SSSR count). The van der Waals surface area contributed by atoms with Crippen molar-refractivity contribution in [1.82, 2.24) is 0 Å². The van der Waals surface area contributed by atoms with Crippen LogP contribution in [0.25, 0.3) is 0 Å². The third kappa shape index (κ3) is 5.56. The lowest BCUT2D eigenvalue weighted by Gasteiger charge is -2.09. The van der Waals surface area contributed by atoms with Crippen LogP contribution >= 0.6 is 11.6 Å². The van der Waals surface area contributed by atoms with Crippen LogP contribution in [0.1, 0.15) is 25.3 Å². The molecule has 0 saturated carbocycles. The normalized spacial score (nSPS) is 11.1. The number of nitro benzene ring substituents is 1. The summed E-state index contributed by atoms with van der Waals surface area (Å²) in [5.41, 5.74) is 4.14. The fourth-order valence-corrected chi connectivity index (χ4v) is 2.43. The molecule has 0 atom stereocenters. The summed E-state index contributed by atoms with van der Waals surface area (Å²) in [5, 5.41) is 15.9. The van der Waals surface area contributed by atoms with Gasteiger partial charge in [-0.05, 0) is 30.7 Å². The molecule has 26 heavy (non-hydrogen) atoms. The summed E-state index contributed by atoms with van der Waals surface area (Å²) in [4.78, 5) is 22.3. The van der Waals surface area contributed by atoms with Crippen LogP contribution in [0.4, 0.5) is 11.4 Å². The van der Waals surface area contributed by atoms with Gasteiger partial charge in [-0.15, -0.1) is 0 Å². The largest absolute Gasteiger partial charge is 0.466 e. The van der Waals surface area contributed by atoms with Crippen LogP contribution in [0.2, 0.25) is 5.02 Å². The van der Waals surface area contributed by atoms with Crippen LogP contribution in [0.5, 0.6) is 0 Å². The van der Waals surface area contributed by atoms with E-state index in [2.05, 4.69) is 10.5 Å². The molecule has 0 aromatic heterocycles. The summed E-state index contributed by atoms with van der Waals surface area (Å²) in [7, 11) is 0. The maximum atomic E-state index is 11.7. The van der Waals surface area contributed by atoms with Gasteiger partial charge in [0.1, 0.15) is 5.69 Å². The number of hydrazone groups is 1. The summed E-state index contributed by atoms with van der Waals surface area (Å²) in [6, 6.07) is 13.2. The molecular weight excluding hydrogens is 358 g/mol. The minimum absolute atomic E-state index is 0.0907. The molecule has 0 fully saturated rings. The first kappa shape index (κ1) is 19.4. The number of hydrogen-bond acceptors (Lipinski definition) is 6. The summed E-state index contributed by atoms with van der Waals surface area (Å²) in [6.07, 6.45) is 0.435. The van der Waals surface area contributed by atoms with Crippen LogP contribution < -0.4 is 5.43 Å². The SMILES string of the molecule is CCOC(=O)CC/C(=N\Nc1ccccc1[N+](=O)[O-])c1cccc(Cl)c1. The smallest absolute Gasteiger partial charge is 0.306 e. The van der Waals surface area contributed by atoms with Gasteiger partial charge in [0.2, 0.25) is 0 Å². The Labute approximate surface area is 155 Å². The fourth-order valence-electron chi connectivity index (χ4n) is 2.24. The molecule has 7 nitrogen and oxygen atoms in total. The van der Waals surface area contributed by atoms with Crippen molar-refractivity contribution in [3.8, 4) is 0 Å². The van der Waals surface area contributed by atoms with E-state index >= 15 is 0 Å². The molecule has 0 amide bonds. The molecule has 2 aromatic carbocycles. The Morgan fingerprint density at radius 3 is 2.69 bits per heavy atom. The van der Waals surface area contributed by atoms with E-state index in [4.69, 9.17) is 16.3 Å². The lowest BCUT2D eigenvalue weighted by Crippen LogP contribution is -2.10. The van der Waals surface area contributed by atoms with Gasteiger partial charge in [-0.2, -0.15) is 5.10 Å². The predicted molar refractivity (Wildman–Crippen MR) is 101 cm³/mol. The number of para-hydroxylation sites is 2. The van der Waals surface area contributed by atoms with Crippen molar-refractivity contribution >= 4 is 34.7 Å². The van der Waals surface area contributed by atoms with Gasteiger partial charge in [0, 0.05) is 17.5 Å². The third-order valence-electron chi connectivity index (χ3n) is 3.44. The van der Waals surface area contributed by atoms with Gasteiger partial charge < -0.3 is 4.74 Å². The molecule has 2 aromatic rings. The van der Waals surface area contributed by atoms with E-state index in [1.54, 1.807) is 49.4 Å². The Balaban J connectivity index is 2.27. The van der Waals surface area contributed by atoms with E-state index in [1.165, 1.54) is 6.07 Å². The zero-order chi connectivity index (χ0) is 18.9. The Morgan fingerprint density at radius 2 is 2.00 bits per heavy atom. The molecule has 1 N–H and O–H groups in total. The topological polar surface area (TPSA) is 93.8 Å². The first-order chi connectivity index (χ1) is 12.5. The second kappa shape index (κ2) is 9.53. The zero-order valence-corrected chi connectivity index (χ0v) is 14.9.